The number of carbonyl (C=O) groups is 3. The first-order valence-electron chi connectivity index (χ1n) is 14.0. The predicted molar refractivity (Wildman–Crippen MR) is 148 cm³/mol. The predicted octanol–water partition coefficient (Wildman–Crippen LogP) is 3.23. The highest BCUT2D eigenvalue weighted by molar-refractivity contribution is 5.94. The van der Waals surface area contributed by atoms with Crippen LogP contribution in [-0.4, -0.2) is 75.3 Å². The van der Waals surface area contributed by atoms with Crippen molar-refractivity contribution in [1.29, 1.82) is 0 Å². The Morgan fingerprint density at radius 2 is 1.98 bits per heavy atom. The Morgan fingerprint density at radius 1 is 1.23 bits per heavy atom. The van der Waals surface area contributed by atoms with Gasteiger partial charge < -0.3 is 25.0 Å². The molecule has 218 valence electrons. The Bertz CT molecular complexity index is 1260. The molecule has 9 nitrogen and oxygen atoms in total. The number of anilines is 1. The minimum atomic E-state index is -0.945. The van der Waals surface area contributed by atoms with Crippen LogP contribution in [0.4, 0.5) is 14.6 Å². The van der Waals surface area contributed by atoms with Gasteiger partial charge in [-0.3, -0.25) is 14.4 Å². The number of imidazole rings is 1. The van der Waals surface area contributed by atoms with Gasteiger partial charge in [-0.25, -0.2) is 13.8 Å². The molecule has 11 heteroatoms. The molecule has 0 radical (unpaired) electrons. The van der Waals surface area contributed by atoms with Gasteiger partial charge in [0.2, 0.25) is 17.7 Å². The summed E-state index contributed by atoms with van der Waals surface area (Å²) in [5, 5.41) is 6.24. The van der Waals surface area contributed by atoms with E-state index in [2.05, 4.69) is 15.6 Å². The smallest absolute Gasteiger partial charge is 0.248 e. The monoisotopic (exact) mass is 558 g/mol. The van der Waals surface area contributed by atoms with Crippen molar-refractivity contribution in [3.63, 3.8) is 0 Å². The zero-order valence-electron chi connectivity index (χ0n) is 24.0. The average molecular weight is 559 g/mol. The minimum absolute atomic E-state index is 0.00631. The number of aryl methyl sites for hydroxylation is 1. The quantitative estimate of drug-likeness (QED) is 0.493. The van der Waals surface area contributed by atoms with E-state index in [0.29, 0.717) is 55.7 Å². The number of halogens is 2. The zero-order valence-corrected chi connectivity index (χ0v) is 24.0. The van der Waals surface area contributed by atoms with Gasteiger partial charge in [0.15, 0.2) is 5.82 Å². The SMILES string of the molecule is CCC[C@H](NC1CCc2cc(F)cc(F)c2C1)C(=O)Nc1cn(C(C)(C)C(=O)N2CCC(N(C)C(C)=O)C2)cn1. The third-order valence-electron chi connectivity index (χ3n) is 8.29. The number of likely N-dealkylation sites (N-methyl/N-ethyl adjacent to an activating group) is 1. The van der Waals surface area contributed by atoms with Crippen LogP contribution in [0.15, 0.2) is 24.7 Å². The van der Waals surface area contributed by atoms with E-state index in [9.17, 15) is 23.2 Å². The van der Waals surface area contributed by atoms with Gasteiger partial charge in [-0.15, -0.1) is 0 Å². The highest BCUT2D eigenvalue weighted by Crippen LogP contribution is 2.27. The maximum absolute atomic E-state index is 14.4. The van der Waals surface area contributed by atoms with Gasteiger partial charge >= 0.3 is 0 Å². The summed E-state index contributed by atoms with van der Waals surface area (Å²) >= 11 is 0. The summed E-state index contributed by atoms with van der Waals surface area (Å²) in [6, 6.07) is 1.66. The summed E-state index contributed by atoms with van der Waals surface area (Å²) in [6.07, 6.45) is 6.85. The maximum atomic E-state index is 14.4. The molecule has 4 rings (SSSR count). The molecule has 0 bridgehead atoms. The summed E-state index contributed by atoms with van der Waals surface area (Å²) in [7, 11) is 1.75. The summed E-state index contributed by atoms with van der Waals surface area (Å²) in [5.74, 6) is -1.15. The standard InChI is InChI=1S/C29H40F2N6O3/c1-6-7-25(33-21-9-8-19-12-20(30)13-24(31)23(19)14-21)27(39)34-26-16-37(17-32-26)29(3,4)28(40)36-11-10-22(15-36)35(5)18(2)38/h12-13,16-17,21-22,25,33H,6-11,14-15H2,1-5H3,(H,34,39)/t21?,22?,25-/m0/s1. The number of aromatic nitrogens is 2. The van der Waals surface area contributed by atoms with Crippen molar-refractivity contribution < 1.29 is 23.2 Å². The second kappa shape index (κ2) is 12.0. The molecule has 2 heterocycles. The molecule has 0 spiro atoms. The number of hydrogen-bond donors (Lipinski definition) is 2. The third-order valence-corrected chi connectivity index (χ3v) is 8.29. The van der Waals surface area contributed by atoms with Crippen molar-refractivity contribution in [2.75, 3.05) is 25.5 Å². The van der Waals surface area contributed by atoms with Crippen LogP contribution in [0.5, 0.6) is 0 Å². The van der Waals surface area contributed by atoms with E-state index in [1.54, 1.807) is 41.5 Å². The summed E-state index contributed by atoms with van der Waals surface area (Å²) in [6.45, 7) is 8.16. The number of rotatable bonds is 9. The van der Waals surface area contributed by atoms with Crippen molar-refractivity contribution in [1.82, 2.24) is 24.7 Å². The highest BCUT2D eigenvalue weighted by atomic mass is 19.1. The van der Waals surface area contributed by atoms with Gasteiger partial charge in [-0.2, -0.15) is 0 Å². The topological polar surface area (TPSA) is 99.6 Å². The summed E-state index contributed by atoms with van der Waals surface area (Å²) in [4.78, 5) is 46.2. The molecule has 1 aliphatic carbocycles. The van der Waals surface area contributed by atoms with E-state index in [1.165, 1.54) is 19.3 Å². The van der Waals surface area contributed by atoms with Crippen molar-refractivity contribution in [3.05, 3.63) is 47.4 Å². The van der Waals surface area contributed by atoms with Crippen LogP contribution in [0.3, 0.4) is 0 Å². The van der Waals surface area contributed by atoms with E-state index in [0.717, 1.165) is 18.9 Å². The Morgan fingerprint density at radius 3 is 2.67 bits per heavy atom. The van der Waals surface area contributed by atoms with E-state index < -0.39 is 23.2 Å². The second-order valence-electron chi connectivity index (χ2n) is 11.5. The molecule has 2 aliphatic rings. The van der Waals surface area contributed by atoms with Crippen LogP contribution in [0, 0.1) is 11.6 Å². The Balaban J connectivity index is 1.38. The fourth-order valence-electron chi connectivity index (χ4n) is 5.70. The van der Waals surface area contributed by atoms with Crippen molar-refractivity contribution in [3.8, 4) is 0 Å². The van der Waals surface area contributed by atoms with E-state index in [1.807, 2.05) is 6.92 Å². The number of carbonyl (C=O) groups excluding carboxylic acids is 3. The molecule has 1 saturated heterocycles. The average Bonchev–Trinajstić information content (AvgIpc) is 3.58. The fourth-order valence-corrected chi connectivity index (χ4v) is 5.70. The summed E-state index contributed by atoms with van der Waals surface area (Å²) in [5.41, 5.74) is 0.244. The number of nitrogens with one attached hydrogen (secondary N) is 2. The van der Waals surface area contributed by atoms with Crippen LogP contribution in [0.2, 0.25) is 0 Å². The first-order chi connectivity index (χ1) is 18.9. The first-order valence-corrected chi connectivity index (χ1v) is 14.0. The first kappa shape index (κ1) is 29.6. The normalized spacial score (nSPS) is 19.7. The molecule has 1 fully saturated rings. The molecule has 40 heavy (non-hydrogen) atoms. The Hall–Kier alpha value is -3.34. The number of likely N-dealkylation sites (tertiary alicyclic amines) is 1. The van der Waals surface area contributed by atoms with Crippen LogP contribution in [0.1, 0.15) is 64.5 Å². The van der Waals surface area contributed by atoms with Gasteiger partial charge in [0.1, 0.15) is 17.2 Å². The van der Waals surface area contributed by atoms with Gasteiger partial charge in [-0.1, -0.05) is 13.3 Å². The molecule has 3 amide bonds. The molecule has 2 N–H and O–H groups in total. The number of benzene rings is 1. The van der Waals surface area contributed by atoms with Gasteiger partial charge in [0, 0.05) is 45.4 Å². The highest BCUT2D eigenvalue weighted by Gasteiger charge is 2.39. The molecular formula is C29H40F2N6O3. The minimum Gasteiger partial charge on any atom is -0.341 e. The van der Waals surface area contributed by atoms with Gasteiger partial charge in [0.05, 0.1) is 18.4 Å². The molecule has 0 saturated carbocycles. The lowest BCUT2D eigenvalue weighted by Gasteiger charge is -2.31. The molecule has 3 atom stereocenters. The third kappa shape index (κ3) is 6.35. The number of nitrogens with zero attached hydrogens (tertiary/aromatic N) is 4. The van der Waals surface area contributed by atoms with Crippen molar-refractivity contribution in [2.24, 2.45) is 0 Å². The number of fused-ring (bicyclic) bond motifs is 1. The van der Waals surface area contributed by atoms with Crippen LogP contribution in [0.25, 0.3) is 0 Å². The van der Waals surface area contributed by atoms with E-state index >= 15 is 0 Å². The molecular weight excluding hydrogens is 518 g/mol. The lowest BCUT2D eigenvalue weighted by atomic mass is 9.87. The maximum Gasteiger partial charge on any atom is 0.248 e. The fraction of sp³-hybridized carbons (Fsp3) is 0.586. The van der Waals surface area contributed by atoms with E-state index in [-0.39, 0.29) is 29.8 Å². The number of hydrogen-bond acceptors (Lipinski definition) is 5. The van der Waals surface area contributed by atoms with Crippen LogP contribution in [-0.2, 0) is 32.8 Å². The van der Waals surface area contributed by atoms with Crippen molar-refractivity contribution in [2.45, 2.75) is 89.9 Å². The van der Waals surface area contributed by atoms with Crippen LogP contribution >= 0.6 is 0 Å². The zero-order chi connectivity index (χ0) is 29.2. The molecule has 1 aromatic carbocycles. The lowest BCUT2D eigenvalue weighted by Crippen LogP contribution is -2.48. The molecule has 2 aromatic rings. The second-order valence-corrected chi connectivity index (χ2v) is 11.5. The van der Waals surface area contributed by atoms with Gasteiger partial charge in [-0.05, 0) is 63.1 Å². The summed E-state index contributed by atoms with van der Waals surface area (Å²) < 4.78 is 29.7. The van der Waals surface area contributed by atoms with Gasteiger partial charge in [0.25, 0.3) is 0 Å². The Labute approximate surface area is 234 Å². The molecule has 2 unspecified atom stereocenters. The number of amides is 3. The lowest BCUT2D eigenvalue weighted by molar-refractivity contribution is -0.139. The van der Waals surface area contributed by atoms with E-state index in [4.69, 9.17) is 0 Å². The van der Waals surface area contributed by atoms with Crippen molar-refractivity contribution >= 4 is 23.5 Å². The van der Waals surface area contributed by atoms with Crippen LogP contribution < -0.4 is 10.6 Å². The largest absolute Gasteiger partial charge is 0.341 e. The molecule has 1 aromatic heterocycles. The molecule has 1 aliphatic heterocycles. The Kier molecular flexibility index (Phi) is 8.92.